The fraction of sp³-hybridized carbons (Fsp3) is 0.500. The van der Waals surface area contributed by atoms with E-state index in [1.807, 2.05) is 6.07 Å². The summed E-state index contributed by atoms with van der Waals surface area (Å²) in [5.41, 5.74) is -1.10. The minimum absolute atomic E-state index is 0.00415. The van der Waals surface area contributed by atoms with Crippen LogP contribution in [0.2, 0.25) is 0 Å². The van der Waals surface area contributed by atoms with Crippen LogP contribution in [0.25, 0.3) is 0 Å². The Bertz CT molecular complexity index is 858. The first-order chi connectivity index (χ1) is 12.3. The highest BCUT2D eigenvalue weighted by molar-refractivity contribution is 7.89. The molecule has 0 saturated heterocycles. The summed E-state index contributed by atoms with van der Waals surface area (Å²) in [7, 11) is -0.939. The van der Waals surface area contributed by atoms with Crippen LogP contribution in [0.5, 0.6) is 0 Å². The lowest BCUT2D eigenvalue weighted by molar-refractivity contribution is -0.130. The first-order valence-electron chi connectivity index (χ1n) is 8.32. The molecule has 1 aromatic carbocycles. The minimum atomic E-state index is -3.70. The number of carbonyl (C=O) groups excluding carboxylic acids is 2. The van der Waals surface area contributed by atoms with Crippen molar-refractivity contribution in [3.63, 3.8) is 0 Å². The highest BCUT2D eigenvalue weighted by Crippen LogP contribution is 2.17. The van der Waals surface area contributed by atoms with E-state index in [4.69, 9.17) is 4.74 Å². The van der Waals surface area contributed by atoms with Crippen LogP contribution < -0.4 is 5.32 Å². The Hall–Kier alpha value is -2.44. The lowest BCUT2D eigenvalue weighted by Gasteiger charge is -2.28. The molecular weight excluding hydrogens is 370 g/mol. The van der Waals surface area contributed by atoms with Crippen LogP contribution in [0.3, 0.4) is 0 Å². The zero-order chi connectivity index (χ0) is 21.0. The van der Waals surface area contributed by atoms with Crippen molar-refractivity contribution in [2.75, 3.05) is 14.1 Å². The maximum Gasteiger partial charge on any atom is 0.338 e. The zero-order valence-electron chi connectivity index (χ0n) is 16.3. The molecule has 2 atom stereocenters. The molecule has 1 N–H and O–H groups in total. The second kappa shape index (κ2) is 8.50. The van der Waals surface area contributed by atoms with Crippen molar-refractivity contribution in [1.82, 2.24) is 9.62 Å². The molecule has 0 radical (unpaired) electrons. The number of sulfonamides is 1. The van der Waals surface area contributed by atoms with E-state index in [1.165, 1.54) is 45.3 Å². The molecule has 0 aliphatic rings. The smallest absolute Gasteiger partial charge is 0.338 e. The molecule has 0 spiro atoms. The van der Waals surface area contributed by atoms with Gasteiger partial charge < -0.3 is 10.1 Å². The fourth-order valence-corrected chi connectivity index (χ4v) is 2.88. The van der Waals surface area contributed by atoms with Gasteiger partial charge in [-0.3, -0.25) is 4.79 Å². The highest BCUT2D eigenvalue weighted by atomic mass is 32.2. The van der Waals surface area contributed by atoms with Gasteiger partial charge >= 0.3 is 5.97 Å². The predicted octanol–water partition coefficient (Wildman–Crippen LogP) is 1.54. The molecular formula is C18H25N3O5S. The molecule has 0 heterocycles. The molecule has 0 aliphatic carbocycles. The third-order valence-electron chi connectivity index (χ3n) is 4.27. The van der Waals surface area contributed by atoms with Crippen molar-refractivity contribution in [1.29, 1.82) is 5.26 Å². The Morgan fingerprint density at radius 2 is 1.85 bits per heavy atom. The molecule has 1 amide bonds. The van der Waals surface area contributed by atoms with E-state index in [1.54, 1.807) is 20.8 Å². The van der Waals surface area contributed by atoms with E-state index in [9.17, 15) is 23.3 Å². The normalized spacial score (nSPS) is 14.9. The number of nitriles is 1. The van der Waals surface area contributed by atoms with Crippen molar-refractivity contribution in [3.05, 3.63) is 29.8 Å². The first kappa shape index (κ1) is 22.6. The van der Waals surface area contributed by atoms with Crippen LogP contribution in [0.1, 0.15) is 38.1 Å². The molecule has 0 unspecified atom stereocenters. The summed E-state index contributed by atoms with van der Waals surface area (Å²) >= 11 is 0. The van der Waals surface area contributed by atoms with Crippen LogP contribution in [-0.2, 0) is 19.6 Å². The molecule has 0 saturated carbocycles. The second-order valence-electron chi connectivity index (χ2n) is 6.82. The molecule has 9 heteroatoms. The third kappa shape index (κ3) is 5.28. The van der Waals surface area contributed by atoms with E-state index in [-0.39, 0.29) is 16.4 Å². The van der Waals surface area contributed by atoms with Crippen molar-refractivity contribution in [2.45, 2.75) is 44.2 Å². The zero-order valence-corrected chi connectivity index (χ0v) is 17.1. The summed E-state index contributed by atoms with van der Waals surface area (Å²) in [5.74, 6) is -1.60. The number of carbonyl (C=O) groups is 2. The first-order valence-corrected chi connectivity index (χ1v) is 9.76. The fourth-order valence-electron chi connectivity index (χ4n) is 1.94. The molecule has 1 rings (SSSR count). The van der Waals surface area contributed by atoms with E-state index in [2.05, 4.69) is 5.32 Å². The molecule has 1 aromatic rings. The number of benzene rings is 1. The van der Waals surface area contributed by atoms with Gasteiger partial charge in [0.15, 0.2) is 6.10 Å². The lowest BCUT2D eigenvalue weighted by Crippen LogP contribution is -2.52. The molecule has 8 nitrogen and oxygen atoms in total. The number of hydrogen-bond acceptors (Lipinski definition) is 6. The Morgan fingerprint density at radius 3 is 2.33 bits per heavy atom. The predicted molar refractivity (Wildman–Crippen MR) is 99.2 cm³/mol. The molecule has 148 valence electrons. The Kier molecular flexibility index (Phi) is 7.11. The van der Waals surface area contributed by atoms with Crippen molar-refractivity contribution < 1.29 is 22.7 Å². The van der Waals surface area contributed by atoms with Gasteiger partial charge in [0, 0.05) is 14.1 Å². The molecule has 0 bridgehead atoms. The van der Waals surface area contributed by atoms with Crippen LogP contribution >= 0.6 is 0 Å². The number of nitrogens with zero attached hydrogens (tertiary/aromatic N) is 2. The summed E-state index contributed by atoms with van der Waals surface area (Å²) < 4.78 is 30.5. The quantitative estimate of drug-likeness (QED) is 0.700. The summed E-state index contributed by atoms with van der Waals surface area (Å²) in [5, 5.41) is 11.8. The second-order valence-corrected chi connectivity index (χ2v) is 8.97. The van der Waals surface area contributed by atoms with Gasteiger partial charge in [-0.1, -0.05) is 19.9 Å². The van der Waals surface area contributed by atoms with Gasteiger partial charge in [0.05, 0.1) is 16.5 Å². The van der Waals surface area contributed by atoms with E-state index in [0.717, 1.165) is 4.31 Å². The molecule has 0 fully saturated rings. The van der Waals surface area contributed by atoms with Crippen LogP contribution in [0, 0.1) is 17.2 Å². The molecule has 0 aliphatic heterocycles. The Balaban J connectivity index is 2.94. The number of esters is 1. The van der Waals surface area contributed by atoms with Gasteiger partial charge in [0.2, 0.25) is 10.0 Å². The van der Waals surface area contributed by atoms with Gasteiger partial charge in [-0.05, 0) is 38.0 Å². The van der Waals surface area contributed by atoms with Crippen LogP contribution in [-0.4, -0.2) is 50.3 Å². The summed E-state index contributed by atoms with van der Waals surface area (Å²) in [6.07, 6.45) is -1.15. The summed E-state index contributed by atoms with van der Waals surface area (Å²) in [4.78, 5) is 24.5. The van der Waals surface area contributed by atoms with Gasteiger partial charge in [-0.2, -0.15) is 5.26 Å². The van der Waals surface area contributed by atoms with Gasteiger partial charge in [0.25, 0.3) is 5.91 Å². The number of rotatable bonds is 7. The number of ether oxygens (including phenoxy) is 1. The monoisotopic (exact) mass is 395 g/mol. The van der Waals surface area contributed by atoms with Crippen molar-refractivity contribution >= 4 is 21.9 Å². The Labute approximate surface area is 160 Å². The summed E-state index contributed by atoms with van der Waals surface area (Å²) in [6.45, 7) is 6.54. The van der Waals surface area contributed by atoms with E-state index >= 15 is 0 Å². The lowest BCUT2D eigenvalue weighted by atomic mass is 9.90. The average Bonchev–Trinajstić information content (AvgIpc) is 2.61. The van der Waals surface area contributed by atoms with E-state index in [0.29, 0.717) is 0 Å². The maximum absolute atomic E-state index is 12.3. The number of hydrogen-bond donors (Lipinski definition) is 1. The topological polar surface area (TPSA) is 117 Å². The third-order valence-corrected chi connectivity index (χ3v) is 6.08. The van der Waals surface area contributed by atoms with Gasteiger partial charge in [-0.25, -0.2) is 17.5 Å². The number of amides is 1. The molecule has 27 heavy (non-hydrogen) atoms. The minimum Gasteiger partial charge on any atom is -0.449 e. The molecule has 0 aromatic heterocycles. The van der Waals surface area contributed by atoms with Crippen LogP contribution in [0.15, 0.2) is 29.2 Å². The summed E-state index contributed by atoms with van der Waals surface area (Å²) in [6, 6.07) is 7.41. The standard InChI is InChI=1S/C18H25N3O5S/c1-12(2)18(4,11-19)20-16(22)13(3)26-17(23)14-8-7-9-15(10-14)27(24,25)21(5)6/h7-10,12-13H,1-6H3,(H,20,22)/t13-,18-/m0/s1. The Morgan fingerprint density at radius 1 is 1.26 bits per heavy atom. The van der Waals surface area contributed by atoms with Crippen molar-refractivity contribution in [2.24, 2.45) is 5.92 Å². The highest BCUT2D eigenvalue weighted by Gasteiger charge is 2.32. The van der Waals surface area contributed by atoms with Gasteiger partial charge in [-0.15, -0.1) is 0 Å². The van der Waals surface area contributed by atoms with Gasteiger partial charge in [0.1, 0.15) is 5.54 Å². The largest absolute Gasteiger partial charge is 0.449 e. The SMILES string of the molecule is CC(C)[C@](C)(C#N)NC(=O)[C@H](C)OC(=O)c1cccc(S(=O)(=O)N(C)C)c1. The average molecular weight is 395 g/mol. The van der Waals surface area contributed by atoms with Crippen LogP contribution in [0.4, 0.5) is 0 Å². The number of nitrogens with one attached hydrogen (secondary N) is 1. The van der Waals surface area contributed by atoms with E-state index < -0.39 is 33.5 Å². The van der Waals surface area contributed by atoms with Crippen molar-refractivity contribution in [3.8, 4) is 6.07 Å². The maximum atomic E-state index is 12.3.